The second-order valence-electron chi connectivity index (χ2n) is 5.80. The van der Waals surface area contributed by atoms with Crippen molar-refractivity contribution in [3.8, 4) is 0 Å². The van der Waals surface area contributed by atoms with E-state index in [1.165, 1.54) is 0 Å². The molecule has 0 aromatic carbocycles. The molecule has 1 rings (SSSR count). The fourth-order valence-corrected chi connectivity index (χ4v) is 2.33. The van der Waals surface area contributed by atoms with E-state index in [0.717, 1.165) is 19.3 Å². The van der Waals surface area contributed by atoms with Crippen LogP contribution in [0.15, 0.2) is 0 Å². The van der Waals surface area contributed by atoms with Crippen molar-refractivity contribution in [3.63, 3.8) is 0 Å². The van der Waals surface area contributed by atoms with Crippen LogP contribution in [-0.4, -0.2) is 33.9 Å². The van der Waals surface area contributed by atoms with Gasteiger partial charge in [-0.3, -0.25) is 4.79 Å². The van der Waals surface area contributed by atoms with E-state index in [9.17, 15) is 14.7 Å². The van der Waals surface area contributed by atoms with Crippen molar-refractivity contribution in [2.75, 3.05) is 0 Å². The van der Waals surface area contributed by atoms with E-state index in [-0.39, 0.29) is 5.92 Å². The largest absolute Gasteiger partial charge is 0.465 e. The lowest BCUT2D eigenvalue weighted by atomic mass is 9.83. The van der Waals surface area contributed by atoms with Gasteiger partial charge in [0.2, 0.25) is 5.91 Å². The van der Waals surface area contributed by atoms with Gasteiger partial charge in [-0.1, -0.05) is 12.8 Å². The van der Waals surface area contributed by atoms with Crippen LogP contribution in [0.5, 0.6) is 0 Å². The van der Waals surface area contributed by atoms with Crippen LogP contribution in [0, 0.1) is 11.8 Å². The Hall–Kier alpha value is -1.30. The van der Waals surface area contributed by atoms with Gasteiger partial charge in [0.1, 0.15) is 6.10 Å². The van der Waals surface area contributed by atoms with E-state index < -0.39 is 23.6 Å². The lowest BCUT2D eigenvalue weighted by molar-refractivity contribution is -0.129. The first-order valence-corrected chi connectivity index (χ1v) is 6.20. The lowest BCUT2D eigenvalue weighted by Crippen LogP contribution is -2.47. The number of carboxylic acid groups (broad SMARTS) is 1. The molecule has 0 radical (unpaired) electrons. The molecule has 2 atom stereocenters. The second kappa shape index (κ2) is 5.56. The molecule has 1 aliphatic rings. The van der Waals surface area contributed by atoms with Crippen LogP contribution in [0.3, 0.4) is 0 Å². The maximum Gasteiger partial charge on any atom is 0.405 e. The van der Waals surface area contributed by atoms with Gasteiger partial charge < -0.3 is 21.3 Å². The summed E-state index contributed by atoms with van der Waals surface area (Å²) in [6.07, 6.45) is 0.998. The monoisotopic (exact) mass is 258 g/mol. The molecule has 0 bridgehead atoms. The second-order valence-corrected chi connectivity index (χ2v) is 5.80. The Morgan fingerprint density at radius 3 is 2.39 bits per heavy atom. The number of aliphatic hydroxyl groups excluding tert-OH is 1. The zero-order valence-electron chi connectivity index (χ0n) is 10.8. The van der Waals surface area contributed by atoms with Crippen LogP contribution in [-0.2, 0) is 4.79 Å². The van der Waals surface area contributed by atoms with Gasteiger partial charge in [-0.15, -0.1) is 0 Å². The standard InChI is InChI=1S/C12H22N2O4/c1-12(2,14-11(17)18)6-8(5-7-3-4-7)9(15)10(13)16/h7-9,14-15H,3-6H2,1-2H3,(H2,13,16)(H,17,18). The SMILES string of the molecule is CC(C)(CC(CC1CC1)C(O)C(N)=O)NC(=O)O. The molecule has 0 aromatic heterocycles. The number of nitrogens with two attached hydrogens (primary N) is 1. The van der Waals surface area contributed by atoms with Gasteiger partial charge in [0.25, 0.3) is 0 Å². The van der Waals surface area contributed by atoms with Gasteiger partial charge in [-0.05, 0) is 38.5 Å². The average molecular weight is 258 g/mol. The first-order chi connectivity index (χ1) is 8.21. The minimum Gasteiger partial charge on any atom is -0.465 e. The lowest BCUT2D eigenvalue weighted by Gasteiger charge is -2.31. The van der Waals surface area contributed by atoms with Crippen molar-refractivity contribution in [1.29, 1.82) is 0 Å². The summed E-state index contributed by atoms with van der Waals surface area (Å²) in [5, 5.41) is 20.9. The van der Waals surface area contributed by atoms with E-state index >= 15 is 0 Å². The number of amides is 2. The third-order valence-corrected chi connectivity index (χ3v) is 3.29. The molecule has 0 aromatic rings. The number of hydrogen-bond donors (Lipinski definition) is 4. The highest BCUT2D eigenvalue weighted by Gasteiger charge is 2.35. The minimum atomic E-state index is -1.21. The number of carbonyl (C=O) groups excluding carboxylic acids is 1. The summed E-state index contributed by atoms with van der Waals surface area (Å²) in [5.74, 6) is -0.506. The van der Waals surface area contributed by atoms with Gasteiger partial charge in [0.05, 0.1) is 0 Å². The Morgan fingerprint density at radius 1 is 1.44 bits per heavy atom. The molecule has 18 heavy (non-hydrogen) atoms. The Balaban J connectivity index is 2.64. The fraction of sp³-hybridized carbons (Fsp3) is 0.833. The predicted octanol–water partition coefficient (Wildman–Crippen LogP) is 0.685. The molecule has 0 spiro atoms. The highest BCUT2D eigenvalue weighted by molar-refractivity contribution is 5.78. The minimum absolute atomic E-state index is 0.295. The summed E-state index contributed by atoms with van der Waals surface area (Å²) in [5.41, 5.74) is 4.43. The summed E-state index contributed by atoms with van der Waals surface area (Å²) in [7, 11) is 0. The summed E-state index contributed by atoms with van der Waals surface area (Å²) in [6, 6.07) is 0. The van der Waals surface area contributed by atoms with Crippen LogP contribution in [0.1, 0.15) is 39.5 Å². The number of nitrogens with one attached hydrogen (secondary N) is 1. The number of hydrogen-bond acceptors (Lipinski definition) is 3. The molecule has 1 fully saturated rings. The molecule has 0 saturated heterocycles. The first-order valence-electron chi connectivity index (χ1n) is 6.20. The fourth-order valence-electron chi connectivity index (χ4n) is 2.33. The molecule has 2 unspecified atom stereocenters. The van der Waals surface area contributed by atoms with Crippen LogP contribution < -0.4 is 11.1 Å². The number of carbonyl (C=O) groups is 2. The molecule has 5 N–H and O–H groups in total. The van der Waals surface area contributed by atoms with Crippen molar-refractivity contribution >= 4 is 12.0 Å². The van der Waals surface area contributed by atoms with Gasteiger partial charge in [0, 0.05) is 5.54 Å². The Labute approximate surface area is 107 Å². The quantitative estimate of drug-likeness (QED) is 0.538. The van der Waals surface area contributed by atoms with E-state index in [1.54, 1.807) is 13.8 Å². The maximum atomic E-state index is 11.1. The molecule has 6 heteroatoms. The summed E-state index contributed by atoms with van der Waals surface area (Å²) in [6.45, 7) is 3.46. The Bertz CT molecular complexity index is 326. The molecule has 1 aliphatic carbocycles. The zero-order valence-corrected chi connectivity index (χ0v) is 10.8. The van der Waals surface area contributed by atoms with Gasteiger partial charge >= 0.3 is 6.09 Å². The maximum absolute atomic E-state index is 11.1. The third-order valence-electron chi connectivity index (χ3n) is 3.29. The predicted molar refractivity (Wildman–Crippen MR) is 65.9 cm³/mol. The highest BCUT2D eigenvalue weighted by atomic mass is 16.4. The molecule has 0 aliphatic heterocycles. The van der Waals surface area contributed by atoms with Crippen molar-refractivity contribution in [2.45, 2.75) is 51.2 Å². The Morgan fingerprint density at radius 2 is 2.00 bits per heavy atom. The van der Waals surface area contributed by atoms with Gasteiger partial charge in [-0.2, -0.15) is 0 Å². The van der Waals surface area contributed by atoms with Gasteiger partial charge in [-0.25, -0.2) is 4.79 Å². The van der Waals surface area contributed by atoms with Crippen LogP contribution in [0.4, 0.5) is 4.79 Å². The van der Waals surface area contributed by atoms with Crippen LogP contribution >= 0.6 is 0 Å². The molecule has 6 nitrogen and oxygen atoms in total. The normalized spacial score (nSPS) is 19.1. The average Bonchev–Trinajstić information content (AvgIpc) is 2.96. The van der Waals surface area contributed by atoms with Crippen molar-refractivity contribution in [3.05, 3.63) is 0 Å². The van der Waals surface area contributed by atoms with Crippen molar-refractivity contribution < 1.29 is 19.8 Å². The van der Waals surface area contributed by atoms with E-state index in [0.29, 0.717) is 12.3 Å². The number of primary amides is 1. The van der Waals surface area contributed by atoms with Crippen LogP contribution in [0.2, 0.25) is 0 Å². The number of rotatable bonds is 7. The zero-order chi connectivity index (χ0) is 13.9. The van der Waals surface area contributed by atoms with Crippen molar-refractivity contribution in [2.24, 2.45) is 17.6 Å². The van der Waals surface area contributed by atoms with E-state index in [1.807, 2.05) is 0 Å². The van der Waals surface area contributed by atoms with Crippen molar-refractivity contribution in [1.82, 2.24) is 5.32 Å². The number of aliphatic hydroxyl groups is 1. The summed E-state index contributed by atoms with van der Waals surface area (Å²) in [4.78, 5) is 21.8. The molecular formula is C12H22N2O4. The highest BCUT2D eigenvalue weighted by Crippen LogP contribution is 2.38. The Kier molecular flexibility index (Phi) is 4.56. The first kappa shape index (κ1) is 14.8. The summed E-state index contributed by atoms with van der Waals surface area (Å²) >= 11 is 0. The molecule has 0 heterocycles. The molecule has 1 saturated carbocycles. The molecular weight excluding hydrogens is 236 g/mol. The topological polar surface area (TPSA) is 113 Å². The van der Waals surface area contributed by atoms with Crippen LogP contribution in [0.25, 0.3) is 0 Å². The third kappa shape index (κ3) is 4.91. The molecule has 2 amide bonds. The van der Waals surface area contributed by atoms with Gasteiger partial charge in [0.15, 0.2) is 0 Å². The smallest absolute Gasteiger partial charge is 0.405 e. The van der Waals surface area contributed by atoms with E-state index in [4.69, 9.17) is 10.8 Å². The summed E-state index contributed by atoms with van der Waals surface area (Å²) < 4.78 is 0. The van der Waals surface area contributed by atoms with E-state index in [2.05, 4.69) is 5.32 Å². The molecule has 104 valence electrons.